The summed E-state index contributed by atoms with van der Waals surface area (Å²) in [6, 6.07) is 6.47. The Labute approximate surface area is 163 Å². The molecule has 0 aliphatic heterocycles. The summed E-state index contributed by atoms with van der Waals surface area (Å²) in [4.78, 5) is 38.4. The highest BCUT2D eigenvalue weighted by atomic mass is 16.5. The minimum absolute atomic E-state index is 0.242. The van der Waals surface area contributed by atoms with E-state index in [9.17, 15) is 14.4 Å². The van der Waals surface area contributed by atoms with E-state index in [1.54, 1.807) is 30.5 Å². The Morgan fingerprint density at radius 3 is 2.64 bits per heavy atom. The Morgan fingerprint density at radius 2 is 2.00 bits per heavy atom. The molecule has 1 heterocycles. The Balaban J connectivity index is 1.46. The lowest BCUT2D eigenvalue weighted by Crippen LogP contribution is -2.29. The Kier molecular flexibility index (Phi) is 6.47. The highest BCUT2D eigenvalue weighted by Gasteiger charge is 2.12. The number of H-pyrrole nitrogens is 1. The summed E-state index contributed by atoms with van der Waals surface area (Å²) in [6.45, 7) is 2.06. The van der Waals surface area contributed by atoms with Crippen LogP contribution in [-0.4, -0.2) is 34.6 Å². The SMILES string of the molecule is Cc1c[nH]c(=O)n1-c1ccc(C(=O)OCC(=O)NCCC2=CCCCC2)cc1. The summed E-state index contributed by atoms with van der Waals surface area (Å²) in [5.74, 6) is -0.884. The first-order chi connectivity index (χ1) is 13.5. The molecule has 28 heavy (non-hydrogen) atoms. The average molecular weight is 383 g/mol. The Bertz CT molecular complexity index is 922. The van der Waals surface area contributed by atoms with Crippen LogP contribution in [0.3, 0.4) is 0 Å². The lowest BCUT2D eigenvalue weighted by atomic mass is 9.97. The first-order valence-corrected chi connectivity index (χ1v) is 9.54. The summed E-state index contributed by atoms with van der Waals surface area (Å²) in [7, 11) is 0. The highest BCUT2D eigenvalue weighted by molar-refractivity contribution is 5.91. The molecule has 1 aromatic heterocycles. The van der Waals surface area contributed by atoms with Gasteiger partial charge in [-0.1, -0.05) is 11.6 Å². The van der Waals surface area contributed by atoms with E-state index in [0.717, 1.165) is 25.0 Å². The van der Waals surface area contributed by atoms with E-state index in [-0.39, 0.29) is 18.2 Å². The number of aromatic nitrogens is 2. The number of hydrogen-bond acceptors (Lipinski definition) is 4. The van der Waals surface area contributed by atoms with Crippen LogP contribution >= 0.6 is 0 Å². The maximum Gasteiger partial charge on any atom is 0.338 e. The van der Waals surface area contributed by atoms with Gasteiger partial charge in [-0.2, -0.15) is 0 Å². The quantitative estimate of drug-likeness (QED) is 0.568. The molecular weight excluding hydrogens is 358 g/mol. The molecule has 148 valence electrons. The predicted octanol–water partition coefficient (Wildman–Crippen LogP) is 2.64. The molecule has 0 spiro atoms. The van der Waals surface area contributed by atoms with Gasteiger partial charge in [-0.15, -0.1) is 0 Å². The van der Waals surface area contributed by atoms with Crippen LogP contribution in [-0.2, 0) is 9.53 Å². The second kappa shape index (κ2) is 9.21. The number of aromatic amines is 1. The summed E-state index contributed by atoms with van der Waals surface area (Å²) >= 11 is 0. The van der Waals surface area contributed by atoms with E-state index in [0.29, 0.717) is 17.8 Å². The minimum Gasteiger partial charge on any atom is -0.452 e. The highest BCUT2D eigenvalue weighted by Crippen LogP contribution is 2.19. The number of allylic oxidation sites excluding steroid dienone is 1. The van der Waals surface area contributed by atoms with Gasteiger partial charge in [-0.05, 0) is 63.3 Å². The van der Waals surface area contributed by atoms with Crippen LogP contribution in [0.2, 0.25) is 0 Å². The fourth-order valence-corrected chi connectivity index (χ4v) is 3.28. The van der Waals surface area contributed by atoms with Crippen LogP contribution in [0, 0.1) is 6.92 Å². The monoisotopic (exact) mass is 383 g/mol. The smallest absolute Gasteiger partial charge is 0.338 e. The van der Waals surface area contributed by atoms with Crippen molar-refractivity contribution in [2.24, 2.45) is 0 Å². The van der Waals surface area contributed by atoms with E-state index < -0.39 is 5.97 Å². The molecule has 0 atom stereocenters. The number of ether oxygens (including phenoxy) is 1. The molecule has 0 radical (unpaired) electrons. The third-order valence-corrected chi connectivity index (χ3v) is 4.81. The van der Waals surface area contributed by atoms with Gasteiger partial charge in [0.25, 0.3) is 5.91 Å². The Hall–Kier alpha value is -3.09. The van der Waals surface area contributed by atoms with Gasteiger partial charge < -0.3 is 15.0 Å². The molecule has 7 heteroatoms. The van der Waals surface area contributed by atoms with Crippen LogP contribution < -0.4 is 11.0 Å². The van der Waals surface area contributed by atoms with Crippen molar-refractivity contribution in [3.63, 3.8) is 0 Å². The van der Waals surface area contributed by atoms with E-state index in [2.05, 4.69) is 16.4 Å². The van der Waals surface area contributed by atoms with Crippen LogP contribution in [0.4, 0.5) is 0 Å². The number of hydrogen-bond donors (Lipinski definition) is 2. The molecule has 2 N–H and O–H groups in total. The number of amides is 1. The summed E-state index contributed by atoms with van der Waals surface area (Å²) in [5.41, 5.74) is 2.88. The zero-order valence-electron chi connectivity index (χ0n) is 16.0. The van der Waals surface area contributed by atoms with Crippen molar-refractivity contribution < 1.29 is 14.3 Å². The molecule has 1 aliphatic carbocycles. The predicted molar refractivity (Wildman–Crippen MR) is 106 cm³/mol. The second-order valence-corrected chi connectivity index (χ2v) is 6.90. The minimum atomic E-state index is -0.574. The third-order valence-electron chi connectivity index (χ3n) is 4.81. The molecule has 0 fully saturated rings. The number of carbonyl (C=O) groups is 2. The summed E-state index contributed by atoms with van der Waals surface area (Å²) in [5, 5.41) is 2.78. The molecular formula is C21H25N3O4. The molecule has 1 aliphatic rings. The van der Waals surface area contributed by atoms with Crippen molar-refractivity contribution in [3.05, 3.63) is 63.9 Å². The van der Waals surface area contributed by atoms with Crippen LogP contribution in [0.25, 0.3) is 5.69 Å². The van der Waals surface area contributed by atoms with E-state index in [4.69, 9.17) is 4.74 Å². The fourth-order valence-electron chi connectivity index (χ4n) is 3.28. The fraction of sp³-hybridized carbons (Fsp3) is 0.381. The van der Waals surface area contributed by atoms with Crippen LogP contribution in [0.15, 0.2) is 46.9 Å². The zero-order valence-corrected chi connectivity index (χ0v) is 16.0. The molecule has 7 nitrogen and oxygen atoms in total. The Morgan fingerprint density at radius 1 is 1.21 bits per heavy atom. The number of benzene rings is 1. The lowest BCUT2D eigenvalue weighted by molar-refractivity contribution is -0.124. The van der Waals surface area contributed by atoms with Gasteiger partial charge in [-0.3, -0.25) is 9.36 Å². The normalized spacial score (nSPS) is 13.7. The van der Waals surface area contributed by atoms with E-state index >= 15 is 0 Å². The van der Waals surface area contributed by atoms with Crippen molar-refractivity contribution in [2.75, 3.05) is 13.2 Å². The number of esters is 1. The topological polar surface area (TPSA) is 93.2 Å². The van der Waals surface area contributed by atoms with Crippen molar-refractivity contribution >= 4 is 11.9 Å². The molecule has 1 amide bonds. The number of nitrogens with one attached hydrogen (secondary N) is 2. The van der Waals surface area contributed by atoms with E-state index in [1.165, 1.54) is 23.0 Å². The van der Waals surface area contributed by atoms with Gasteiger partial charge in [0.1, 0.15) is 0 Å². The molecule has 1 aromatic carbocycles. The number of carbonyl (C=O) groups excluding carboxylic acids is 2. The van der Waals surface area contributed by atoms with Crippen molar-refractivity contribution in [3.8, 4) is 5.69 Å². The molecule has 3 rings (SSSR count). The molecule has 0 unspecified atom stereocenters. The van der Waals surface area contributed by atoms with Gasteiger partial charge in [0, 0.05) is 18.4 Å². The van der Waals surface area contributed by atoms with Gasteiger partial charge in [0.2, 0.25) is 0 Å². The molecule has 0 bridgehead atoms. The first kappa shape index (κ1) is 19.7. The largest absolute Gasteiger partial charge is 0.452 e. The summed E-state index contributed by atoms with van der Waals surface area (Å²) < 4.78 is 6.57. The number of aryl methyl sites for hydroxylation is 1. The third kappa shape index (κ3) is 5.00. The van der Waals surface area contributed by atoms with Crippen molar-refractivity contribution in [2.45, 2.75) is 39.0 Å². The number of imidazole rings is 1. The maximum absolute atomic E-state index is 12.1. The van der Waals surface area contributed by atoms with Crippen LogP contribution in [0.1, 0.15) is 48.2 Å². The summed E-state index contributed by atoms with van der Waals surface area (Å²) in [6.07, 6.45) is 9.41. The van der Waals surface area contributed by atoms with Gasteiger partial charge in [-0.25, -0.2) is 9.59 Å². The second-order valence-electron chi connectivity index (χ2n) is 6.90. The van der Waals surface area contributed by atoms with Gasteiger partial charge >= 0.3 is 11.7 Å². The number of rotatable bonds is 7. The zero-order chi connectivity index (χ0) is 19.9. The van der Waals surface area contributed by atoms with Crippen molar-refractivity contribution in [1.82, 2.24) is 14.9 Å². The van der Waals surface area contributed by atoms with E-state index in [1.807, 2.05) is 6.92 Å². The number of nitrogens with zero attached hydrogens (tertiary/aromatic N) is 1. The standard InChI is InChI=1S/C21H25N3O4/c1-15-13-23-21(27)24(15)18-9-7-17(8-10-18)20(26)28-14-19(25)22-12-11-16-5-3-2-4-6-16/h5,7-10,13H,2-4,6,11-12,14H2,1H3,(H,22,25)(H,23,27). The maximum atomic E-state index is 12.1. The van der Waals surface area contributed by atoms with Crippen molar-refractivity contribution in [1.29, 1.82) is 0 Å². The average Bonchev–Trinajstić information content (AvgIpc) is 3.05. The molecule has 0 saturated carbocycles. The first-order valence-electron chi connectivity index (χ1n) is 9.54. The molecule has 2 aromatic rings. The molecule has 0 saturated heterocycles. The van der Waals surface area contributed by atoms with Crippen LogP contribution in [0.5, 0.6) is 0 Å². The lowest BCUT2D eigenvalue weighted by Gasteiger charge is -2.13. The van der Waals surface area contributed by atoms with Gasteiger partial charge in [0.05, 0.1) is 11.3 Å². The van der Waals surface area contributed by atoms with Gasteiger partial charge in [0.15, 0.2) is 6.61 Å².